The Morgan fingerprint density at radius 1 is 1.59 bits per heavy atom. The predicted molar refractivity (Wildman–Crippen MR) is 66.3 cm³/mol. The van der Waals surface area contributed by atoms with Crippen molar-refractivity contribution in [3.63, 3.8) is 0 Å². The van der Waals surface area contributed by atoms with Crippen LogP contribution in [0.5, 0.6) is 5.75 Å². The number of halogens is 1. The summed E-state index contributed by atoms with van der Waals surface area (Å²) in [6.07, 6.45) is 0.680. The molecular formula is C12H16ClNO3. The highest BCUT2D eigenvalue weighted by Gasteiger charge is 2.09. The highest BCUT2D eigenvalue weighted by molar-refractivity contribution is 6.30. The van der Waals surface area contributed by atoms with E-state index in [-0.39, 0.29) is 25.2 Å². The molecule has 0 aromatic heterocycles. The smallest absolute Gasteiger partial charge is 0.258 e. The van der Waals surface area contributed by atoms with Crippen LogP contribution in [0.25, 0.3) is 0 Å². The molecule has 94 valence electrons. The summed E-state index contributed by atoms with van der Waals surface area (Å²) in [6.45, 7) is 1.73. The maximum atomic E-state index is 11.4. The first-order valence-electron chi connectivity index (χ1n) is 5.44. The molecule has 4 nitrogen and oxygen atoms in total. The molecule has 0 aliphatic heterocycles. The summed E-state index contributed by atoms with van der Waals surface area (Å²) in [4.78, 5) is 11.4. The van der Waals surface area contributed by atoms with Gasteiger partial charge < -0.3 is 15.2 Å². The van der Waals surface area contributed by atoms with Crippen molar-refractivity contribution >= 4 is 17.5 Å². The van der Waals surface area contributed by atoms with Crippen LogP contribution in [0.2, 0.25) is 5.02 Å². The van der Waals surface area contributed by atoms with Gasteiger partial charge in [-0.15, -0.1) is 0 Å². The first-order chi connectivity index (χ1) is 8.15. The molecule has 17 heavy (non-hydrogen) atoms. The van der Waals surface area contributed by atoms with Crippen molar-refractivity contribution in [2.75, 3.05) is 13.2 Å². The van der Waals surface area contributed by atoms with Gasteiger partial charge in [0.25, 0.3) is 5.91 Å². The number of carbonyl (C=O) groups excluding carboxylic acids is 1. The van der Waals surface area contributed by atoms with Crippen molar-refractivity contribution in [1.29, 1.82) is 0 Å². The molecule has 0 bridgehead atoms. The minimum absolute atomic E-state index is 0.0700. The molecule has 1 aromatic carbocycles. The summed E-state index contributed by atoms with van der Waals surface area (Å²) in [5.74, 6) is 0.288. The monoisotopic (exact) mass is 257 g/mol. The van der Waals surface area contributed by atoms with Crippen LogP contribution in [-0.2, 0) is 4.79 Å². The number of benzene rings is 1. The van der Waals surface area contributed by atoms with E-state index >= 15 is 0 Å². The van der Waals surface area contributed by atoms with Gasteiger partial charge in [-0.1, -0.05) is 24.6 Å². The normalized spacial score (nSPS) is 11.9. The van der Waals surface area contributed by atoms with Gasteiger partial charge in [-0.25, -0.2) is 0 Å². The van der Waals surface area contributed by atoms with Gasteiger partial charge in [0.1, 0.15) is 5.75 Å². The minimum Gasteiger partial charge on any atom is -0.484 e. The molecule has 1 rings (SSSR count). The lowest BCUT2D eigenvalue weighted by Crippen LogP contribution is -2.39. The Hall–Kier alpha value is -1.26. The number of hydrogen-bond donors (Lipinski definition) is 2. The molecule has 0 saturated carbocycles. The third-order valence-corrected chi connectivity index (χ3v) is 2.48. The molecule has 0 fully saturated rings. The number of hydrogen-bond acceptors (Lipinski definition) is 3. The van der Waals surface area contributed by atoms with E-state index in [0.717, 1.165) is 0 Å². The SMILES string of the molecule is CC[C@H](CO)NC(=O)COc1cccc(Cl)c1. The first kappa shape index (κ1) is 13.8. The summed E-state index contributed by atoms with van der Waals surface area (Å²) in [5.41, 5.74) is 0. The molecule has 0 aliphatic carbocycles. The van der Waals surface area contributed by atoms with E-state index in [0.29, 0.717) is 17.2 Å². The Morgan fingerprint density at radius 3 is 2.94 bits per heavy atom. The molecule has 1 aromatic rings. The van der Waals surface area contributed by atoms with E-state index in [2.05, 4.69) is 5.32 Å². The fourth-order valence-corrected chi connectivity index (χ4v) is 1.43. The summed E-state index contributed by atoms with van der Waals surface area (Å²) in [5, 5.41) is 12.1. The minimum atomic E-state index is -0.258. The van der Waals surface area contributed by atoms with Crippen LogP contribution < -0.4 is 10.1 Å². The van der Waals surface area contributed by atoms with E-state index in [1.807, 2.05) is 6.92 Å². The summed E-state index contributed by atoms with van der Waals surface area (Å²) < 4.78 is 5.26. The molecule has 0 radical (unpaired) electrons. The van der Waals surface area contributed by atoms with Crippen LogP contribution in [0.1, 0.15) is 13.3 Å². The van der Waals surface area contributed by atoms with E-state index in [9.17, 15) is 4.79 Å². The van der Waals surface area contributed by atoms with Gasteiger partial charge >= 0.3 is 0 Å². The van der Waals surface area contributed by atoms with Gasteiger partial charge in [-0.3, -0.25) is 4.79 Å². The van der Waals surface area contributed by atoms with Gasteiger partial charge in [-0.2, -0.15) is 0 Å². The topological polar surface area (TPSA) is 58.6 Å². The average molecular weight is 258 g/mol. The van der Waals surface area contributed by atoms with Crippen molar-refractivity contribution in [2.24, 2.45) is 0 Å². The third kappa shape index (κ3) is 5.06. The highest BCUT2D eigenvalue weighted by Crippen LogP contribution is 2.16. The zero-order valence-electron chi connectivity index (χ0n) is 9.65. The van der Waals surface area contributed by atoms with Crippen molar-refractivity contribution in [2.45, 2.75) is 19.4 Å². The molecule has 1 atom stereocenters. The molecule has 1 amide bonds. The quantitative estimate of drug-likeness (QED) is 0.814. The number of ether oxygens (including phenoxy) is 1. The van der Waals surface area contributed by atoms with Crippen molar-refractivity contribution in [3.05, 3.63) is 29.3 Å². The Labute approximate surface area is 106 Å². The zero-order valence-corrected chi connectivity index (χ0v) is 10.4. The second kappa shape index (κ2) is 7.14. The maximum absolute atomic E-state index is 11.4. The third-order valence-electron chi connectivity index (χ3n) is 2.24. The fourth-order valence-electron chi connectivity index (χ4n) is 1.25. The lowest BCUT2D eigenvalue weighted by Gasteiger charge is -2.14. The molecule has 0 saturated heterocycles. The van der Waals surface area contributed by atoms with Crippen molar-refractivity contribution in [3.8, 4) is 5.75 Å². The van der Waals surface area contributed by atoms with E-state index in [1.54, 1.807) is 24.3 Å². The molecule has 0 spiro atoms. The first-order valence-corrected chi connectivity index (χ1v) is 5.82. The van der Waals surface area contributed by atoms with E-state index in [1.165, 1.54) is 0 Å². The Morgan fingerprint density at radius 2 is 2.35 bits per heavy atom. The Balaban J connectivity index is 2.38. The number of amides is 1. The molecule has 2 N–H and O–H groups in total. The average Bonchev–Trinajstić information content (AvgIpc) is 2.33. The van der Waals surface area contributed by atoms with Gasteiger partial charge in [0.15, 0.2) is 6.61 Å². The number of nitrogens with one attached hydrogen (secondary N) is 1. The summed E-state index contributed by atoms with van der Waals surface area (Å²) >= 11 is 5.78. The van der Waals surface area contributed by atoms with Gasteiger partial charge in [0, 0.05) is 5.02 Å². The maximum Gasteiger partial charge on any atom is 0.258 e. The van der Waals surface area contributed by atoms with Gasteiger partial charge in [0.05, 0.1) is 12.6 Å². The standard InChI is InChI=1S/C12H16ClNO3/c1-2-10(7-15)14-12(16)8-17-11-5-3-4-9(13)6-11/h3-6,10,15H,2,7-8H2,1H3,(H,14,16)/t10-/m1/s1. The van der Waals surface area contributed by atoms with Crippen LogP contribution in [0, 0.1) is 0 Å². The van der Waals surface area contributed by atoms with Crippen LogP contribution in [-0.4, -0.2) is 30.3 Å². The highest BCUT2D eigenvalue weighted by atomic mass is 35.5. The summed E-state index contributed by atoms with van der Waals surface area (Å²) in [6, 6.07) is 6.62. The largest absolute Gasteiger partial charge is 0.484 e. The van der Waals surface area contributed by atoms with Crippen LogP contribution in [0.15, 0.2) is 24.3 Å². The molecule has 0 heterocycles. The molecular weight excluding hydrogens is 242 g/mol. The van der Waals surface area contributed by atoms with Gasteiger partial charge in [-0.05, 0) is 24.6 Å². The van der Waals surface area contributed by atoms with Crippen molar-refractivity contribution in [1.82, 2.24) is 5.32 Å². The second-order valence-corrected chi connectivity index (χ2v) is 4.04. The number of aliphatic hydroxyl groups excluding tert-OH is 1. The predicted octanol–water partition coefficient (Wildman–Crippen LogP) is 1.61. The van der Waals surface area contributed by atoms with Crippen LogP contribution in [0.4, 0.5) is 0 Å². The number of aliphatic hydroxyl groups is 1. The van der Waals surface area contributed by atoms with E-state index < -0.39 is 0 Å². The second-order valence-electron chi connectivity index (χ2n) is 3.60. The molecule has 0 unspecified atom stereocenters. The van der Waals surface area contributed by atoms with Crippen molar-refractivity contribution < 1.29 is 14.6 Å². The lowest BCUT2D eigenvalue weighted by atomic mass is 10.2. The molecule has 0 aliphatic rings. The van der Waals surface area contributed by atoms with Crippen LogP contribution >= 0.6 is 11.6 Å². The fraction of sp³-hybridized carbons (Fsp3) is 0.417. The molecule has 5 heteroatoms. The van der Waals surface area contributed by atoms with Gasteiger partial charge in [0.2, 0.25) is 0 Å². The van der Waals surface area contributed by atoms with E-state index in [4.69, 9.17) is 21.4 Å². The number of carbonyl (C=O) groups is 1. The zero-order chi connectivity index (χ0) is 12.7. The lowest BCUT2D eigenvalue weighted by molar-refractivity contribution is -0.124. The summed E-state index contributed by atoms with van der Waals surface area (Å²) in [7, 11) is 0. The number of rotatable bonds is 6. The van der Waals surface area contributed by atoms with Crippen LogP contribution in [0.3, 0.4) is 0 Å². The Bertz CT molecular complexity index is 367. The Kier molecular flexibility index (Phi) is 5.80.